The van der Waals surface area contributed by atoms with Gasteiger partial charge in [0.15, 0.2) is 6.10 Å². The molecule has 3 rings (SSSR count). The Kier molecular flexibility index (Phi) is 6.91. The average Bonchev–Trinajstić information content (AvgIpc) is 2.74. The van der Waals surface area contributed by atoms with E-state index in [9.17, 15) is 14.4 Å². The summed E-state index contributed by atoms with van der Waals surface area (Å²) in [5.41, 5.74) is 0.536. The number of nitrogens with zero attached hydrogens (tertiary/aromatic N) is 2. The highest BCUT2D eigenvalue weighted by molar-refractivity contribution is 6.30. The predicted molar refractivity (Wildman–Crippen MR) is 103 cm³/mol. The Morgan fingerprint density at radius 2 is 1.79 bits per heavy atom. The Bertz CT molecular complexity index is 718. The number of esters is 1. The molecule has 0 radical (unpaired) electrons. The van der Waals surface area contributed by atoms with Crippen LogP contribution in [0.1, 0.15) is 30.1 Å². The van der Waals surface area contributed by atoms with E-state index in [2.05, 4.69) is 0 Å². The van der Waals surface area contributed by atoms with Crippen LogP contribution in [0, 0.1) is 5.92 Å². The Morgan fingerprint density at radius 3 is 2.46 bits per heavy atom. The molecule has 152 valence electrons. The summed E-state index contributed by atoms with van der Waals surface area (Å²) in [4.78, 5) is 41.0. The number of halogens is 1. The number of piperidine rings is 1. The summed E-state index contributed by atoms with van der Waals surface area (Å²) in [6.07, 6.45) is 0.514. The van der Waals surface area contributed by atoms with E-state index in [0.29, 0.717) is 62.8 Å². The van der Waals surface area contributed by atoms with E-state index in [4.69, 9.17) is 21.1 Å². The molecule has 0 spiro atoms. The molecule has 0 bridgehead atoms. The van der Waals surface area contributed by atoms with Crippen molar-refractivity contribution in [1.82, 2.24) is 9.80 Å². The summed E-state index contributed by atoms with van der Waals surface area (Å²) in [6, 6.07) is 6.69. The summed E-state index contributed by atoms with van der Waals surface area (Å²) in [6.45, 7) is 4.48. The molecule has 0 unspecified atom stereocenters. The molecular formula is C20H25ClN2O5. The van der Waals surface area contributed by atoms with Gasteiger partial charge >= 0.3 is 5.97 Å². The molecule has 8 heteroatoms. The summed E-state index contributed by atoms with van der Waals surface area (Å²) >= 11 is 5.87. The van der Waals surface area contributed by atoms with Gasteiger partial charge in [0.2, 0.25) is 0 Å². The van der Waals surface area contributed by atoms with Crippen LogP contribution < -0.4 is 0 Å². The minimum atomic E-state index is -0.840. The molecule has 0 N–H and O–H groups in total. The number of hydrogen-bond acceptors (Lipinski definition) is 5. The molecular weight excluding hydrogens is 384 g/mol. The Morgan fingerprint density at radius 1 is 1.11 bits per heavy atom. The highest BCUT2D eigenvalue weighted by atomic mass is 35.5. The molecule has 1 aromatic rings. The van der Waals surface area contributed by atoms with Crippen LogP contribution >= 0.6 is 11.6 Å². The smallest absolute Gasteiger partial charge is 0.311 e. The summed E-state index contributed by atoms with van der Waals surface area (Å²) in [7, 11) is 0. The first-order valence-corrected chi connectivity index (χ1v) is 9.95. The van der Waals surface area contributed by atoms with Crippen LogP contribution in [0.5, 0.6) is 0 Å². The van der Waals surface area contributed by atoms with Gasteiger partial charge in [-0.1, -0.05) is 11.6 Å². The maximum Gasteiger partial charge on any atom is 0.311 e. The first-order chi connectivity index (χ1) is 13.5. The molecule has 28 heavy (non-hydrogen) atoms. The van der Waals surface area contributed by atoms with Gasteiger partial charge in [-0.2, -0.15) is 0 Å². The minimum absolute atomic E-state index is 0.133. The first-order valence-electron chi connectivity index (χ1n) is 9.57. The number of morpholine rings is 1. The maximum atomic E-state index is 12.7. The third kappa shape index (κ3) is 5.02. The zero-order chi connectivity index (χ0) is 20.1. The molecule has 0 aromatic heterocycles. The molecule has 2 aliphatic heterocycles. The Hall–Kier alpha value is -2.12. The van der Waals surface area contributed by atoms with Crippen molar-refractivity contribution in [1.29, 1.82) is 0 Å². The number of hydrogen-bond donors (Lipinski definition) is 0. The fourth-order valence-corrected chi connectivity index (χ4v) is 3.62. The molecule has 0 saturated carbocycles. The highest BCUT2D eigenvalue weighted by Crippen LogP contribution is 2.21. The zero-order valence-electron chi connectivity index (χ0n) is 15.9. The van der Waals surface area contributed by atoms with Gasteiger partial charge in [0.1, 0.15) is 0 Å². The van der Waals surface area contributed by atoms with Crippen LogP contribution in [-0.2, 0) is 19.1 Å². The van der Waals surface area contributed by atoms with E-state index in [1.165, 1.54) is 0 Å². The zero-order valence-corrected chi connectivity index (χ0v) is 16.7. The van der Waals surface area contributed by atoms with E-state index in [0.717, 1.165) is 0 Å². The lowest BCUT2D eigenvalue weighted by atomic mass is 9.97. The van der Waals surface area contributed by atoms with Crippen molar-refractivity contribution in [3.8, 4) is 0 Å². The first kappa shape index (κ1) is 20.6. The van der Waals surface area contributed by atoms with Crippen LogP contribution in [0.3, 0.4) is 0 Å². The van der Waals surface area contributed by atoms with Gasteiger partial charge in [0.05, 0.1) is 19.1 Å². The SMILES string of the molecule is C[C@H](OC(=O)[C@H]1CCCN(C(=O)c2ccc(Cl)cc2)C1)C(=O)N1CCOCC1. The number of carbonyl (C=O) groups is 3. The van der Waals surface area contributed by atoms with Crippen molar-refractivity contribution in [3.63, 3.8) is 0 Å². The van der Waals surface area contributed by atoms with E-state index in [-0.39, 0.29) is 11.8 Å². The number of ether oxygens (including phenoxy) is 2. The van der Waals surface area contributed by atoms with Crippen LogP contribution in [0.4, 0.5) is 0 Å². The van der Waals surface area contributed by atoms with Crippen LogP contribution in [-0.4, -0.2) is 73.1 Å². The summed E-state index contributed by atoms with van der Waals surface area (Å²) in [5, 5.41) is 0.565. The fourth-order valence-electron chi connectivity index (χ4n) is 3.49. The molecule has 2 saturated heterocycles. The number of likely N-dealkylation sites (tertiary alicyclic amines) is 1. The van der Waals surface area contributed by atoms with Crippen LogP contribution in [0.25, 0.3) is 0 Å². The molecule has 2 atom stereocenters. The Balaban J connectivity index is 1.55. The molecule has 7 nitrogen and oxygen atoms in total. The van der Waals surface area contributed by atoms with Crippen molar-refractivity contribution in [2.45, 2.75) is 25.9 Å². The number of rotatable bonds is 4. The topological polar surface area (TPSA) is 76.2 Å². The summed E-state index contributed by atoms with van der Waals surface area (Å²) in [5.74, 6) is -1.19. The van der Waals surface area contributed by atoms with Crippen molar-refractivity contribution in [2.75, 3.05) is 39.4 Å². The standard InChI is InChI=1S/C20H25ClN2O5/c1-14(18(24)22-9-11-27-12-10-22)28-20(26)16-3-2-8-23(13-16)19(25)15-4-6-17(21)7-5-15/h4-7,14,16H,2-3,8-13H2,1H3/t14-,16-/m0/s1. The van der Waals surface area contributed by atoms with Gasteiger partial charge in [-0.3, -0.25) is 14.4 Å². The molecule has 1 aromatic carbocycles. The van der Waals surface area contributed by atoms with E-state index in [1.807, 2.05) is 0 Å². The van der Waals surface area contributed by atoms with Crippen molar-refractivity contribution >= 4 is 29.4 Å². The van der Waals surface area contributed by atoms with Crippen molar-refractivity contribution in [2.24, 2.45) is 5.92 Å². The normalized spacial score (nSPS) is 21.1. The minimum Gasteiger partial charge on any atom is -0.452 e. The predicted octanol–water partition coefficient (Wildman–Crippen LogP) is 1.98. The van der Waals surface area contributed by atoms with E-state index < -0.39 is 18.0 Å². The maximum absolute atomic E-state index is 12.7. The van der Waals surface area contributed by atoms with Gasteiger partial charge in [0.25, 0.3) is 11.8 Å². The third-order valence-electron chi connectivity index (χ3n) is 5.10. The highest BCUT2D eigenvalue weighted by Gasteiger charge is 2.33. The van der Waals surface area contributed by atoms with Crippen LogP contribution in [0.15, 0.2) is 24.3 Å². The second-order valence-corrected chi connectivity index (χ2v) is 7.55. The lowest BCUT2D eigenvalue weighted by Crippen LogP contribution is -2.47. The Labute approximate surface area is 169 Å². The number of benzene rings is 1. The van der Waals surface area contributed by atoms with Gasteiger partial charge in [-0.05, 0) is 44.0 Å². The van der Waals surface area contributed by atoms with Gasteiger partial charge in [-0.25, -0.2) is 0 Å². The second kappa shape index (κ2) is 9.39. The molecule has 2 aliphatic rings. The quantitative estimate of drug-likeness (QED) is 0.712. The molecule has 2 fully saturated rings. The summed E-state index contributed by atoms with van der Waals surface area (Å²) < 4.78 is 10.7. The third-order valence-corrected chi connectivity index (χ3v) is 5.35. The monoisotopic (exact) mass is 408 g/mol. The van der Waals surface area contributed by atoms with Crippen molar-refractivity contribution < 1.29 is 23.9 Å². The fraction of sp³-hybridized carbons (Fsp3) is 0.550. The van der Waals surface area contributed by atoms with Crippen molar-refractivity contribution in [3.05, 3.63) is 34.9 Å². The van der Waals surface area contributed by atoms with Gasteiger partial charge in [0, 0.05) is 36.8 Å². The molecule has 2 heterocycles. The lowest BCUT2D eigenvalue weighted by Gasteiger charge is -2.33. The largest absolute Gasteiger partial charge is 0.452 e. The molecule has 0 aliphatic carbocycles. The van der Waals surface area contributed by atoms with Gasteiger partial charge < -0.3 is 19.3 Å². The van der Waals surface area contributed by atoms with Gasteiger partial charge in [-0.15, -0.1) is 0 Å². The number of amides is 2. The van der Waals surface area contributed by atoms with E-state index in [1.54, 1.807) is 41.0 Å². The number of carbonyl (C=O) groups excluding carboxylic acids is 3. The molecule has 2 amide bonds. The lowest BCUT2D eigenvalue weighted by molar-refractivity contribution is -0.165. The average molecular weight is 409 g/mol. The van der Waals surface area contributed by atoms with Crippen LogP contribution in [0.2, 0.25) is 5.02 Å². The van der Waals surface area contributed by atoms with E-state index >= 15 is 0 Å². The second-order valence-electron chi connectivity index (χ2n) is 7.11.